The Kier molecular flexibility index (Phi) is 4.42. The molecule has 0 radical (unpaired) electrons. The summed E-state index contributed by atoms with van der Waals surface area (Å²) in [5.74, 6) is 0.995. The van der Waals surface area contributed by atoms with Gasteiger partial charge in [-0.25, -0.2) is 4.79 Å². The summed E-state index contributed by atoms with van der Waals surface area (Å²) in [5, 5.41) is 0. The van der Waals surface area contributed by atoms with E-state index in [0.717, 1.165) is 5.56 Å². The van der Waals surface area contributed by atoms with Gasteiger partial charge in [0.15, 0.2) is 17.1 Å². The monoisotopic (exact) mass is 425 g/mol. The maximum Gasteiger partial charge on any atom is 0.410 e. The summed E-state index contributed by atoms with van der Waals surface area (Å²) in [4.78, 5) is 41.4. The van der Waals surface area contributed by atoms with Gasteiger partial charge in [0.25, 0.3) is 11.5 Å². The molecule has 9 nitrogen and oxygen atoms in total. The summed E-state index contributed by atoms with van der Waals surface area (Å²) in [7, 11) is 1.68. The van der Waals surface area contributed by atoms with Crippen LogP contribution in [0.15, 0.2) is 35.3 Å². The molecule has 31 heavy (non-hydrogen) atoms. The van der Waals surface area contributed by atoms with Gasteiger partial charge in [-0.1, -0.05) is 6.07 Å². The van der Waals surface area contributed by atoms with Gasteiger partial charge in [0, 0.05) is 26.2 Å². The Balaban J connectivity index is 1.39. The number of hydrogen-bond donors (Lipinski definition) is 0. The summed E-state index contributed by atoms with van der Waals surface area (Å²) in [5.41, 5.74) is 0.616. The average molecular weight is 425 g/mol. The summed E-state index contributed by atoms with van der Waals surface area (Å²) in [6, 6.07) is 7.30. The lowest BCUT2D eigenvalue weighted by molar-refractivity contribution is 0.0551. The number of rotatable bonds is 3. The standard InChI is InChI=1S/C22H23N3O6/c1-14-5-7-24(10-15-3-4-16-17(9-15)30-13-29-16)19(26)18(14)20(27)25-8-6-22(12-25)11-23(2)21(28)31-22/h3-5,7,9H,6,8,10-13H2,1-2H3. The molecule has 9 heteroatoms. The summed E-state index contributed by atoms with van der Waals surface area (Å²) < 4.78 is 17.8. The number of aryl methyl sites for hydroxylation is 1. The molecule has 0 bridgehead atoms. The molecule has 1 unspecified atom stereocenters. The fourth-order valence-corrected chi connectivity index (χ4v) is 4.47. The molecule has 2 aromatic rings. The molecule has 2 saturated heterocycles. The molecule has 0 N–H and O–H groups in total. The lowest BCUT2D eigenvalue weighted by Crippen LogP contribution is -2.41. The van der Waals surface area contributed by atoms with Crippen LogP contribution >= 0.6 is 0 Å². The molecular weight excluding hydrogens is 402 g/mol. The lowest BCUT2D eigenvalue weighted by atomic mass is 10.0. The van der Waals surface area contributed by atoms with E-state index in [4.69, 9.17) is 14.2 Å². The predicted molar refractivity (Wildman–Crippen MR) is 109 cm³/mol. The number of pyridine rings is 1. The first-order chi connectivity index (χ1) is 14.8. The van der Waals surface area contributed by atoms with Gasteiger partial charge in [0.05, 0.1) is 19.6 Å². The van der Waals surface area contributed by atoms with E-state index in [9.17, 15) is 14.4 Å². The van der Waals surface area contributed by atoms with Crippen molar-refractivity contribution in [2.45, 2.75) is 25.5 Å². The van der Waals surface area contributed by atoms with Crippen LogP contribution in [0.25, 0.3) is 0 Å². The van der Waals surface area contributed by atoms with Crippen molar-refractivity contribution in [3.63, 3.8) is 0 Å². The second kappa shape index (κ2) is 7.04. The van der Waals surface area contributed by atoms with E-state index < -0.39 is 5.60 Å². The van der Waals surface area contributed by atoms with E-state index in [2.05, 4.69) is 0 Å². The van der Waals surface area contributed by atoms with E-state index in [1.807, 2.05) is 18.2 Å². The third-order valence-corrected chi connectivity index (χ3v) is 6.12. The van der Waals surface area contributed by atoms with Crippen molar-refractivity contribution in [3.8, 4) is 11.5 Å². The highest BCUT2D eigenvalue weighted by Gasteiger charge is 2.49. The molecule has 162 valence electrons. The van der Waals surface area contributed by atoms with Crippen molar-refractivity contribution in [1.82, 2.24) is 14.4 Å². The van der Waals surface area contributed by atoms with Gasteiger partial charge in [0.1, 0.15) is 5.56 Å². The van der Waals surface area contributed by atoms with E-state index in [1.165, 1.54) is 9.47 Å². The molecule has 4 heterocycles. The number of hydrogen-bond acceptors (Lipinski definition) is 6. The molecule has 3 aliphatic rings. The number of carbonyl (C=O) groups is 2. The lowest BCUT2D eigenvalue weighted by Gasteiger charge is -2.22. The number of likely N-dealkylation sites (N-methyl/N-ethyl adjacent to an activating group) is 1. The maximum absolute atomic E-state index is 13.3. The number of fused-ring (bicyclic) bond motifs is 1. The normalized spacial score (nSPS) is 21.8. The SMILES string of the molecule is Cc1ccn(Cc2ccc3c(c2)OCO3)c(=O)c1C(=O)N1CCC2(CN(C)C(=O)O2)C1. The van der Waals surface area contributed by atoms with Gasteiger partial charge in [0.2, 0.25) is 6.79 Å². The Morgan fingerprint density at radius 3 is 2.71 bits per heavy atom. The predicted octanol–water partition coefficient (Wildman–Crippen LogP) is 1.60. The van der Waals surface area contributed by atoms with E-state index in [0.29, 0.717) is 43.1 Å². The average Bonchev–Trinajstić information content (AvgIpc) is 3.43. The minimum atomic E-state index is -0.685. The molecule has 0 aliphatic carbocycles. The zero-order chi connectivity index (χ0) is 21.8. The number of benzene rings is 1. The summed E-state index contributed by atoms with van der Waals surface area (Å²) in [6.45, 7) is 3.42. The first-order valence-electron chi connectivity index (χ1n) is 10.2. The van der Waals surface area contributed by atoms with Crippen molar-refractivity contribution in [3.05, 3.63) is 57.5 Å². The van der Waals surface area contributed by atoms with E-state index in [-0.39, 0.29) is 36.5 Å². The van der Waals surface area contributed by atoms with Crippen LogP contribution < -0.4 is 15.0 Å². The molecule has 1 aromatic carbocycles. The third-order valence-electron chi connectivity index (χ3n) is 6.12. The first-order valence-corrected chi connectivity index (χ1v) is 10.2. The quantitative estimate of drug-likeness (QED) is 0.742. The van der Waals surface area contributed by atoms with Crippen LogP contribution in [0, 0.1) is 6.92 Å². The van der Waals surface area contributed by atoms with Crippen LogP contribution in [0.5, 0.6) is 11.5 Å². The highest BCUT2D eigenvalue weighted by molar-refractivity contribution is 5.95. The highest BCUT2D eigenvalue weighted by Crippen LogP contribution is 2.33. The van der Waals surface area contributed by atoms with Crippen molar-refractivity contribution in [2.75, 3.05) is 33.5 Å². The van der Waals surface area contributed by atoms with Crippen LogP contribution in [0.1, 0.15) is 27.9 Å². The fourth-order valence-electron chi connectivity index (χ4n) is 4.47. The van der Waals surface area contributed by atoms with Gasteiger partial charge in [-0.2, -0.15) is 0 Å². The van der Waals surface area contributed by atoms with Crippen molar-refractivity contribution in [2.24, 2.45) is 0 Å². The molecule has 1 aromatic heterocycles. The van der Waals surface area contributed by atoms with E-state index in [1.54, 1.807) is 31.1 Å². The zero-order valence-electron chi connectivity index (χ0n) is 17.4. The highest BCUT2D eigenvalue weighted by atomic mass is 16.7. The largest absolute Gasteiger partial charge is 0.454 e. The number of amides is 2. The summed E-state index contributed by atoms with van der Waals surface area (Å²) >= 11 is 0. The number of aromatic nitrogens is 1. The molecule has 5 rings (SSSR count). The van der Waals surface area contributed by atoms with Crippen LogP contribution in [0.2, 0.25) is 0 Å². The molecular formula is C22H23N3O6. The second-order valence-corrected chi connectivity index (χ2v) is 8.38. The number of likely N-dealkylation sites (tertiary alicyclic amines) is 1. The van der Waals surface area contributed by atoms with Crippen LogP contribution in [-0.2, 0) is 11.3 Å². The molecule has 1 atom stereocenters. The Bertz CT molecular complexity index is 1140. The van der Waals surface area contributed by atoms with Gasteiger partial charge in [-0.05, 0) is 36.2 Å². The molecule has 1 spiro atoms. The maximum atomic E-state index is 13.3. The fraction of sp³-hybridized carbons (Fsp3) is 0.409. The minimum Gasteiger partial charge on any atom is -0.454 e. The smallest absolute Gasteiger partial charge is 0.410 e. The van der Waals surface area contributed by atoms with Crippen molar-refractivity contribution >= 4 is 12.0 Å². The summed E-state index contributed by atoms with van der Waals surface area (Å²) in [6.07, 6.45) is 1.88. The van der Waals surface area contributed by atoms with Crippen molar-refractivity contribution in [1.29, 1.82) is 0 Å². The van der Waals surface area contributed by atoms with Crippen LogP contribution in [0.3, 0.4) is 0 Å². The zero-order valence-corrected chi connectivity index (χ0v) is 17.4. The Labute approximate surface area is 178 Å². The minimum absolute atomic E-state index is 0.151. The topological polar surface area (TPSA) is 90.3 Å². The molecule has 0 saturated carbocycles. The van der Waals surface area contributed by atoms with Crippen LogP contribution in [-0.4, -0.2) is 65.4 Å². The Hall–Kier alpha value is -3.49. The van der Waals surface area contributed by atoms with E-state index >= 15 is 0 Å². The number of nitrogens with zero attached hydrogens (tertiary/aromatic N) is 3. The van der Waals surface area contributed by atoms with Gasteiger partial charge in [-0.3, -0.25) is 9.59 Å². The molecule has 2 fully saturated rings. The van der Waals surface area contributed by atoms with Gasteiger partial charge >= 0.3 is 6.09 Å². The Morgan fingerprint density at radius 1 is 1.13 bits per heavy atom. The van der Waals surface area contributed by atoms with Crippen LogP contribution in [0.4, 0.5) is 4.79 Å². The number of carbonyl (C=O) groups excluding carboxylic acids is 2. The second-order valence-electron chi connectivity index (χ2n) is 8.38. The molecule has 3 aliphatic heterocycles. The van der Waals surface area contributed by atoms with Crippen molar-refractivity contribution < 1.29 is 23.8 Å². The van der Waals surface area contributed by atoms with Gasteiger partial charge in [-0.15, -0.1) is 0 Å². The van der Waals surface area contributed by atoms with Gasteiger partial charge < -0.3 is 28.6 Å². The third kappa shape index (κ3) is 3.30. The number of ether oxygens (including phenoxy) is 3. The molecule has 2 amide bonds. The Morgan fingerprint density at radius 2 is 1.94 bits per heavy atom. The first kappa shape index (κ1) is 19.5.